The van der Waals surface area contributed by atoms with Crippen molar-refractivity contribution in [3.8, 4) is 0 Å². The monoisotopic (exact) mass is 252 g/mol. The number of hydrogen-bond donors (Lipinski definition) is 2. The van der Waals surface area contributed by atoms with E-state index in [2.05, 4.69) is 5.32 Å². The molecule has 17 heavy (non-hydrogen) atoms. The van der Waals surface area contributed by atoms with Gasteiger partial charge in [-0.3, -0.25) is 4.79 Å². The Labute approximate surface area is 105 Å². The van der Waals surface area contributed by atoms with E-state index in [1.54, 1.807) is 11.8 Å². The maximum Gasteiger partial charge on any atom is 0.234 e. The third kappa shape index (κ3) is 3.14. The molecule has 1 amide bonds. The Bertz CT molecular complexity index is 419. The Morgan fingerprint density at radius 2 is 2.35 bits per heavy atom. The summed E-state index contributed by atoms with van der Waals surface area (Å²) in [5.74, 6) is 0.470. The first-order valence-electron chi connectivity index (χ1n) is 5.51. The molecular formula is C12H16N2O2S. The minimum absolute atomic E-state index is 0.00981. The Kier molecular flexibility index (Phi) is 3.91. The molecule has 1 aliphatic heterocycles. The Morgan fingerprint density at radius 3 is 3.00 bits per heavy atom. The molecule has 0 aliphatic carbocycles. The molecule has 0 aromatic heterocycles. The van der Waals surface area contributed by atoms with Crippen LogP contribution >= 0.6 is 11.8 Å². The molecule has 1 saturated heterocycles. The zero-order chi connectivity index (χ0) is 12.3. The average Bonchev–Trinajstić information content (AvgIpc) is 2.23. The molecule has 1 aliphatic rings. The van der Waals surface area contributed by atoms with Gasteiger partial charge in [0.2, 0.25) is 5.91 Å². The molecule has 3 N–H and O–H groups in total. The summed E-state index contributed by atoms with van der Waals surface area (Å²) < 4.78 is 5.05. The number of carbonyl (C=O) groups excluding carboxylic acids is 1. The molecule has 2 rings (SSSR count). The van der Waals surface area contributed by atoms with E-state index in [9.17, 15) is 4.79 Å². The second-order valence-electron chi connectivity index (χ2n) is 4.04. The smallest absolute Gasteiger partial charge is 0.234 e. The van der Waals surface area contributed by atoms with Crippen molar-refractivity contribution in [2.75, 3.05) is 30.0 Å². The highest BCUT2D eigenvalue weighted by atomic mass is 32.2. The van der Waals surface area contributed by atoms with Gasteiger partial charge < -0.3 is 15.8 Å². The van der Waals surface area contributed by atoms with Crippen molar-refractivity contribution in [1.29, 1.82) is 0 Å². The van der Waals surface area contributed by atoms with Crippen molar-refractivity contribution in [3.05, 3.63) is 23.8 Å². The number of ether oxygens (including phenoxy) is 1. The second kappa shape index (κ2) is 5.42. The highest BCUT2D eigenvalue weighted by molar-refractivity contribution is 8.00. The minimum atomic E-state index is 0.00981. The number of benzene rings is 1. The van der Waals surface area contributed by atoms with Gasteiger partial charge >= 0.3 is 0 Å². The molecule has 92 valence electrons. The van der Waals surface area contributed by atoms with Gasteiger partial charge in [-0.05, 0) is 24.6 Å². The van der Waals surface area contributed by atoms with Crippen molar-refractivity contribution in [2.24, 2.45) is 0 Å². The summed E-state index contributed by atoms with van der Waals surface area (Å²) in [7, 11) is 0. The SMILES string of the molecule is Cc1c(N)cccc1NC(=O)CSC1COC1. The van der Waals surface area contributed by atoms with Crippen molar-refractivity contribution in [1.82, 2.24) is 0 Å². The number of nitrogens with one attached hydrogen (secondary N) is 1. The van der Waals surface area contributed by atoms with E-state index in [4.69, 9.17) is 10.5 Å². The normalized spacial score (nSPS) is 15.4. The quantitative estimate of drug-likeness (QED) is 0.800. The average molecular weight is 252 g/mol. The molecule has 5 heteroatoms. The van der Waals surface area contributed by atoms with E-state index in [1.165, 1.54) is 0 Å². The number of hydrogen-bond acceptors (Lipinski definition) is 4. The first-order valence-corrected chi connectivity index (χ1v) is 6.56. The topological polar surface area (TPSA) is 64.3 Å². The lowest BCUT2D eigenvalue weighted by Crippen LogP contribution is -2.32. The van der Waals surface area contributed by atoms with Crippen molar-refractivity contribution in [3.63, 3.8) is 0 Å². The lowest BCUT2D eigenvalue weighted by Gasteiger charge is -2.24. The highest BCUT2D eigenvalue weighted by Gasteiger charge is 2.19. The van der Waals surface area contributed by atoms with E-state index < -0.39 is 0 Å². The van der Waals surface area contributed by atoms with Crippen LogP contribution in [0.1, 0.15) is 5.56 Å². The number of rotatable bonds is 4. The van der Waals surface area contributed by atoms with E-state index in [0.717, 1.165) is 24.5 Å². The molecule has 0 saturated carbocycles. The van der Waals surface area contributed by atoms with Crippen molar-refractivity contribution < 1.29 is 9.53 Å². The molecule has 0 radical (unpaired) electrons. The zero-order valence-corrected chi connectivity index (χ0v) is 10.5. The van der Waals surface area contributed by atoms with Crippen LogP contribution in [-0.4, -0.2) is 30.1 Å². The van der Waals surface area contributed by atoms with Gasteiger partial charge in [0.05, 0.1) is 24.2 Å². The molecule has 0 bridgehead atoms. The van der Waals surface area contributed by atoms with E-state index in [-0.39, 0.29) is 5.91 Å². The fourth-order valence-electron chi connectivity index (χ4n) is 1.48. The molecule has 4 nitrogen and oxygen atoms in total. The number of carbonyl (C=O) groups is 1. The molecule has 1 heterocycles. The summed E-state index contributed by atoms with van der Waals surface area (Å²) in [5.41, 5.74) is 8.18. The zero-order valence-electron chi connectivity index (χ0n) is 9.73. The number of nitrogen functional groups attached to an aromatic ring is 1. The van der Waals surface area contributed by atoms with E-state index in [0.29, 0.717) is 16.7 Å². The fourth-order valence-corrected chi connectivity index (χ4v) is 2.32. The van der Waals surface area contributed by atoms with Crippen molar-refractivity contribution in [2.45, 2.75) is 12.2 Å². The van der Waals surface area contributed by atoms with E-state index >= 15 is 0 Å². The summed E-state index contributed by atoms with van der Waals surface area (Å²) in [5, 5.41) is 3.35. The van der Waals surface area contributed by atoms with Crippen LogP contribution in [-0.2, 0) is 9.53 Å². The lowest BCUT2D eigenvalue weighted by atomic mass is 10.1. The van der Waals surface area contributed by atoms with Gasteiger partial charge in [-0.25, -0.2) is 0 Å². The molecule has 1 aromatic rings. The number of amides is 1. The maximum atomic E-state index is 11.7. The molecule has 1 fully saturated rings. The van der Waals surface area contributed by atoms with Gasteiger partial charge in [-0.2, -0.15) is 0 Å². The Hall–Kier alpha value is -1.20. The highest BCUT2D eigenvalue weighted by Crippen LogP contribution is 2.22. The molecule has 0 spiro atoms. The van der Waals surface area contributed by atoms with Gasteiger partial charge in [0, 0.05) is 11.4 Å². The van der Waals surface area contributed by atoms with Crippen LogP contribution in [0.5, 0.6) is 0 Å². The minimum Gasteiger partial charge on any atom is -0.398 e. The third-order valence-electron chi connectivity index (χ3n) is 2.71. The van der Waals surface area contributed by atoms with Crippen LogP contribution in [0.3, 0.4) is 0 Å². The summed E-state index contributed by atoms with van der Waals surface area (Å²) in [4.78, 5) is 11.7. The van der Waals surface area contributed by atoms with Crippen LogP contribution in [0.15, 0.2) is 18.2 Å². The first kappa shape index (κ1) is 12.3. The number of thioether (sulfide) groups is 1. The number of nitrogens with two attached hydrogens (primary N) is 1. The molecule has 1 aromatic carbocycles. The van der Waals surface area contributed by atoms with Gasteiger partial charge in [0.15, 0.2) is 0 Å². The van der Waals surface area contributed by atoms with Gasteiger partial charge in [-0.1, -0.05) is 6.07 Å². The van der Waals surface area contributed by atoms with Crippen molar-refractivity contribution >= 4 is 29.0 Å². The first-order chi connectivity index (χ1) is 8.16. The summed E-state index contributed by atoms with van der Waals surface area (Å²) in [6, 6.07) is 5.52. The van der Waals surface area contributed by atoms with Crippen LogP contribution in [0.25, 0.3) is 0 Å². The van der Waals surface area contributed by atoms with Crippen LogP contribution in [0, 0.1) is 6.92 Å². The van der Waals surface area contributed by atoms with Crippen LogP contribution in [0.4, 0.5) is 11.4 Å². The third-order valence-corrected chi connectivity index (χ3v) is 3.88. The standard InChI is InChI=1S/C12H16N2O2S/c1-8-10(13)3-2-4-11(8)14-12(15)7-17-9-5-16-6-9/h2-4,9H,5-7,13H2,1H3,(H,14,15). The Morgan fingerprint density at radius 1 is 1.59 bits per heavy atom. The number of anilines is 2. The largest absolute Gasteiger partial charge is 0.398 e. The fraction of sp³-hybridized carbons (Fsp3) is 0.417. The predicted molar refractivity (Wildman–Crippen MR) is 71.3 cm³/mol. The predicted octanol–water partition coefficient (Wildman–Crippen LogP) is 1.65. The molecule has 0 atom stereocenters. The van der Waals surface area contributed by atoms with E-state index in [1.807, 2.05) is 25.1 Å². The summed E-state index contributed by atoms with van der Waals surface area (Å²) in [6.45, 7) is 3.42. The van der Waals surface area contributed by atoms with Gasteiger partial charge in [0.25, 0.3) is 0 Å². The lowest BCUT2D eigenvalue weighted by molar-refractivity contribution is -0.113. The summed E-state index contributed by atoms with van der Waals surface area (Å²) in [6.07, 6.45) is 0. The molecule has 0 unspecified atom stereocenters. The Balaban J connectivity index is 1.86. The van der Waals surface area contributed by atoms with Gasteiger partial charge in [-0.15, -0.1) is 11.8 Å². The van der Waals surface area contributed by atoms with Gasteiger partial charge in [0.1, 0.15) is 0 Å². The summed E-state index contributed by atoms with van der Waals surface area (Å²) >= 11 is 1.63. The second-order valence-corrected chi connectivity index (χ2v) is 5.33. The maximum absolute atomic E-state index is 11.7. The van der Waals surface area contributed by atoms with Crippen LogP contribution in [0.2, 0.25) is 0 Å². The van der Waals surface area contributed by atoms with Crippen LogP contribution < -0.4 is 11.1 Å². The molecular weight excluding hydrogens is 236 g/mol.